The third-order valence-corrected chi connectivity index (χ3v) is 4.51. The number of amides is 2. The summed E-state index contributed by atoms with van der Waals surface area (Å²) in [7, 11) is 1.56. The zero-order valence-corrected chi connectivity index (χ0v) is 15.6. The number of nitrogens with one attached hydrogen (secondary N) is 1. The van der Waals surface area contributed by atoms with Crippen LogP contribution in [-0.4, -0.2) is 24.0 Å². The molecule has 0 bridgehead atoms. The maximum atomic E-state index is 12.8. The second-order valence-corrected chi connectivity index (χ2v) is 6.43. The topological polar surface area (TPSA) is 58.6 Å². The minimum atomic E-state index is -0.519. The first-order valence-electron chi connectivity index (χ1n) is 7.31. The van der Waals surface area contributed by atoms with Gasteiger partial charge in [0.05, 0.1) is 17.3 Å². The molecule has 5 nitrogen and oxygen atoms in total. The Morgan fingerprint density at radius 2 is 1.88 bits per heavy atom. The lowest BCUT2D eigenvalue weighted by Crippen LogP contribution is -2.54. The van der Waals surface area contributed by atoms with Crippen molar-refractivity contribution in [3.05, 3.63) is 64.1 Å². The van der Waals surface area contributed by atoms with E-state index in [2.05, 4.69) is 21.2 Å². The molecule has 0 unspecified atom stereocenters. The van der Waals surface area contributed by atoms with Crippen molar-refractivity contribution in [1.29, 1.82) is 0 Å². The number of ether oxygens (including phenoxy) is 1. The number of nitrogens with zero attached hydrogens (tertiary/aromatic N) is 1. The van der Waals surface area contributed by atoms with Gasteiger partial charge in [0.1, 0.15) is 11.3 Å². The van der Waals surface area contributed by atoms with E-state index in [1.165, 1.54) is 11.0 Å². The third-order valence-electron chi connectivity index (χ3n) is 3.60. The fourth-order valence-corrected chi connectivity index (χ4v) is 3.25. The van der Waals surface area contributed by atoms with Crippen LogP contribution in [0.1, 0.15) is 5.56 Å². The molecule has 1 fully saturated rings. The van der Waals surface area contributed by atoms with Gasteiger partial charge in [-0.2, -0.15) is 0 Å². The number of hydrogen-bond acceptors (Lipinski definition) is 4. The van der Waals surface area contributed by atoms with E-state index in [0.29, 0.717) is 17.0 Å². The van der Waals surface area contributed by atoms with Crippen molar-refractivity contribution in [2.75, 3.05) is 12.0 Å². The summed E-state index contributed by atoms with van der Waals surface area (Å²) in [5.74, 6) is -0.324. The van der Waals surface area contributed by atoms with E-state index in [9.17, 15) is 9.59 Å². The minimum Gasteiger partial charge on any atom is -0.496 e. The maximum Gasteiger partial charge on any atom is 0.270 e. The quantitative estimate of drug-likeness (QED) is 0.473. The van der Waals surface area contributed by atoms with E-state index in [0.717, 1.165) is 4.47 Å². The van der Waals surface area contributed by atoms with Gasteiger partial charge < -0.3 is 4.74 Å². The van der Waals surface area contributed by atoms with Crippen LogP contribution >= 0.6 is 28.1 Å². The van der Waals surface area contributed by atoms with Gasteiger partial charge in [0, 0.05) is 0 Å². The smallest absolute Gasteiger partial charge is 0.270 e. The average molecular weight is 417 g/mol. The maximum absolute atomic E-state index is 12.8. The molecule has 1 saturated heterocycles. The van der Waals surface area contributed by atoms with Gasteiger partial charge >= 0.3 is 0 Å². The van der Waals surface area contributed by atoms with Crippen LogP contribution in [-0.2, 0) is 9.59 Å². The normalized spacial score (nSPS) is 16.2. The molecule has 0 spiro atoms. The number of halogens is 1. The molecule has 25 heavy (non-hydrogen) atoms. The number of para-hydroxylation sites is 1. The Labute approximate surface area is 158 Å². The highest BCUT2D eigenvalue weighted by Gasteiger charge is 2.34. The van der Waals surface area contributed by atoms with Crippen molar-refractivity contribution >= 4 is 56.8 Å². The van der Waals surface area contributed by atoms with Gasteiger partial charge in [-0.05, 0) is 64.1 Å². The Kier molecular flexibility index (Phi) is 4.96. The summed E-state index contributed by atoms with van der Waals surface area (Å²) in [5.41, 5.74) is 1.29. The van der Waals surface area contributed by atoms with Crippen molar-refractivity contribution < 1.29 is 14.3 Å². The molecule has 7 heteroatoms. The van der Waals surface area contributed by atoms with Gasteiger partial charge in [-0.15, -0.1) is 0 Å². The third kappa shape index (κ3) is 3.47. The Morgan fingerprint density at radius 1 is 1.16 bits per heavy atom. The van der Waals surface area contributed by atoms with E-state index < -0.39 is 11.8 Å². The largest absolute Gasteiger partial charge is 0.496 e. The second kappa shape index (κ2) is 7.16. The van der Waals surface area contributed by atoms with Crippen LogP contribution in [0.25, 0.3) is 6.08 Å². The van der Waals surface area contributed by atoms with Gasteiger partial charge in [0.25, 0.3) is 11.8 Å². The fourth-order valence-electron chi connectivity index (χ4n) is 2.41. The van der Waals surface area contributed by atoms with Gasteiger partial charge in [0.15, 0.2) is 5.11 Å². The molecular weight excluding hydrogens is 404 g/mol. The Hall–Kier alpha value is -2.51. The number of benzene rings is 2. The molecule has 1 aliphatic heterocycles. The Bertz CT molecular complexity index is 896. The zero-order chi connectivity index (χ0) is 18.0. The van der Waals surface area contributed by atoms with Crippen LogP contribution in [0.15, 0.2) is 58.6 Å². The Morgan fingerprint density at radius 3 is 2.52 bits per heavy atom. The van der Waals surface area contributed by atoms with E-state index >= 15 is 0 Å². The lowest BCUT2D eigenvalue weighted by atomic mass is 10.1. The monoisotopic (exact) mass is 416 g/mol. The predicted octanol–water partition coefficient (Wildman–Crippen LogP) is 3.29. The lowest BCUT2D eigenvalue weighted by molar-refractivity contribution is -0.122. The zero-order valence-electron chi connectivity index (χ0n) is 13.2. The summed E-state index contributed by atoms with van der Waals surface area (Å²) in [6.45, 7) is 0. The molecule has 0 atom stereocenters. The van der Waals surface area contributed by atoms with Gasteiger partial charge in [-0.1, -0.05) is 24.3 Å². The van der Waals surface area contributed by atoms with Crippen molar-refractivity contribution in [1.82, 2.24) is 5.32 Å². The molecule has 1 heterocycles. The molecule has 0 aromatic heterocycles. The molecule has 3 rings (SSSR count). The summed E-state index contributed by atoms with van der Waals surface area (Å²) < 4.78 is 5.91. The van der Waals surface area contributed by atoms with Crippen LogP contribution in [0.3, 0.4) is 0 Å². The van der Waals surface area contributed by atoms with E-state index in [4.69, 9.17) is 17.0 Å². The SMILES string of the molecule is COc1ccc(/C=C2/C(=O)NC(=S)N(c3ccccc3)C2=O)cc1Br. The van der Waals surface area contributed by atoms with E-state index in [1.54, 1.807) is 49.6 Å². The molecule has 0 saturated carbocycles. The first-order valence-corrected chi connectivity index (χ1v) is 8.51. The number of methoxy groups -OCH3 is 1. The predicted molar refractivity (Wildman–Crippen MR) is 103 cm³/mol. The number of thiocarbonyl (C=S) groups is 1. The van der Waals surface area contributed by atoms with Crippen molar-refractivity contribution in [2.45, 2.75) is 0 Å². The minimum absolute atomic E-state index is 0.00881. The molecule has 126 valence electrons. The summed E-state index contributed by atoms with van der Waals surface area (Å²) in [6.07, 6.45) is 1.53. The standard InChI is InChI=1S/C18H13BrN2O3S/c1-24-15-8-7-11(10-14(15)19)9-13-16(22)20-18(25)21(17(13)23)12-5-3-2-4-6-12/h2-10H,1H3,(H,20,22,25)/b13-9-. The summed E-state index contributed by atoms with van der Waals surface area (Å²) in [6, 6.07) is 14.2. The fraction of sp³-hybridized carbons (Fsp3) is 0.0556. The van der Waals surface area contributed by atoms with Crippen LogP contribution in [0, 0.1) is 0 Å². The van der Waals surface area contributed by atoms with Crippen LogP contribution in [0.5, 0.6) is 5.75 Å². The van der Waals surface area contributed by atoms with Crippen LogP contribution < -0.4 is 15.0 Å². The van der Waals surface area contributed by atoms with Crippen molar-refractivity contribution in [3.63, 3.8) is 0 Å². The van der Waals surface area contributed by atoms with E-state index in [1.807, 2.05) is 6.07 Å². The number of carbonyl (C=O) groups is 2. The molecule has 2 aromatic rings. The summed E-state index contributed by atoms with van der Waals surface area (Å²) in [5, 5.41) is 2.62. The molecule has 1 N–H and O–H groups in total. The van der Waals surface area contributed by atoms with Crippen LogP contribution in [0.4, 0.5) is 5.69 Å². The number of hydrogen-bond donors (Lipinski definition) is 1. The first-order chi connectivity index (χ1) is 12.0. The second-order valence-electron chi connectivity index (χ2n) is 5.19. The van der Waals surface area contributed by atoms with Crippen LogP contribution in [0.2, 0.25) is 0 Å². The molecule has 2 aromatic carbocycles. The molecule has 1 aliphatic rings. The molecule has 2 amide bonds. The Balaban J connectivity index is 2.00. The van der Waals surface area contributed by atoms with E-state index in [-0.39, 0.29) is 10.7 Å². The number of rotatable bonds is 3. The van der Waals surface area contributed by atoms with Crippen molar-refractivity contribution in [3.8, 4) is 5.75 Å². The lowest BCUT2D eigenvalue weighted by Gasteiger charge is -2.28. The van der Waals surface area contributed by atoms with Gasteiger partial charge in [0.2, 0.25) is 0 Å². The average Bonchev–Trinajstić information content (AvgIpc) is 2.59. The number of carbonyl (C=O) groups excluding carboxylic acids is 2. The summed E-state index contributed by atoms with van der Waals surface area (Å²) >= 11 is 8.55. The first kappa shape index (κ1) is 17.3. The highest BCUT2D eigenvalue weighted by molar-refractivity contribution is 9.10. The molecular formula is C18H13BrN2O3S. The molecule has 0 aliphatic carbocycles. The highest BCUT2D eigenvalue weighted by atomic mass is 79.9. The number of anilines is 1. The van der Waals surface area contributed by atoms with Gasteiger partial charge in [-0.3, -0.25) is 19.8 Å². The highest BCUT2D eigenvalue weighted by Crippen LogP contribution is 2.27. The van der Waals surface area contributed by atoms with Crippen molar-refractivity contribution in [2.24, 2.45) is 0 Å². The summed E-state index contributed by atoms with van der Waals surface area (Å²) in [4.78, 5) is 26.4. The molecule has 0 radical (unpaired) electrons. The van der Waals surface area contributed by atoms with Gasteiger partial charge in [-0.25, -0.2) is 0 Å².